The molecule has 0 amide bonds. The number of nitrogens with one attached hydrogen (secondary N) is 1. The van der Waals surface area contributed by atoms with Gasteiger partial charge in [0.1, 0.15) is 11.0 Å². The highest BCUT2D eigenvalue weighted by molar-refractivity contribution is 5.77. The number of nitrogens with zero attached hydrogens (tertiary/aromatic N) is 6. The third-order valence-electron chi connectivity index (χ3n) is 6.66. The van der Waals surface area contributed by atoms with Gasteiger partial charge < -0.3 is 15.3 Å². The maximum Gasteiger partial charge on any atom is 0.278 e. The van der Waals surface area contributed by atoms with Gasteiger partial charge in [0, 0.05) is 24.5 Å². The Bertz CT molecular complexity index is 1460. The normalized spacial score (nSPS) is 15.7. The molecule has 0 fully saturated rings. The molecule has 1 atom stereocenters. The Balaban J connectivity index is 1.55. The molecule has 9 nitrogen and oxygen atoms in total. The van der Waals surface area contributed by atoms with Crippen molar-refractivity contribution in [2.24, 2.45) is 0 Å². The summed E-state index contributed by atoms with van der Waals surface area (Å²) < 4.78 is 3.28. The van der Waals surface area contributed by atoms with E-state index in [0.29, 0.717) is 41.1 Å². The van der Waals surface area contributed by atoms with Gasteiger partial charge in [0.15, 0.2) is 11.5 Å². The SMILES string of the molecule is CCn1c(=O)c2cnc(Nc3ccc4c(c3)CC(N(C)C)C4)nc2n1-c1cccc(C(C)(C)O)n1. The van der Waals surface area contributed by atoms with Gasteiger partial charge in [-0.3, -0.25) is 4.79 Å². The number of fused-ring (bicyclic) bond motifs is 2. The van der Waals surface area contributed by atoms with Gasteiger partial charge in [-0.15, -0.1) is 0 Å². The predicted octanol–water partition coefficient (Wildman–Crippen LogP) is 3.00. The second-order valence-electron chi connectivity index (χ2n) is 9.84. The molecule has 2 N–H and O–H groups in total. The number of pyridine rings is 1. The minimum atomic E-state index is -1.11. The van der Waals surface area contributed by atoms with E-state index in [1.54, 1.807) is 41.5 Å². The maximum absolute atomic E-state index is 13.1. The molecule has 0 saturated heterocycles. The molecule has 0 bridgehead atoms. The summed E-state index contributed by atoms with van der Waals surface area (Å²) in [5.74, 6) is 0.913. The molecule has 1 aliphatic rings. The minimum Gasteiger partial charge on any atom is -0.384 e. The molecule has 9 heteroatoms. The van der Waals surface area contributed by atoms with Crippen LogP contribution >= 0.6 is 0 Å². The molecule has 35 heavy (non-hydrogen) atoms. The fourth-order valence-corrected chi connectivity index (χ4v) is 4.66. The fraction of sp³-hybridized carbons (Fsp3) is 0.385. The highest BCUT2D eigenvalue weighted by atomic mass is 16.3. The van der Waals surface area contributed by atoms with Crippen molar-refractivity contribution in [3.05, 3.63) is 69.8 Å². The van der Waals surface area contributed by atoms with E-state index in [0.717, 1.165) is 18.5 Å². The Labute approximate surface area is 204 Å². The molecule has 182 valence electrons. The maximum atomic E-state index is 13.1. The van der Waals surface area contributed by atoms with Gasteiger partial charge in [0.05, 0.1) is 5.69 Å². The van der Waals surface area contributed by atoms with Crippen LogP contribution in [0.4, 0.5) is 11.6 Å². The summed E-state index contributed by atoms with van der Waals surface area (Å²) in [6, 6.07) is 12.3. The second kappa shape index (κ2) is 8.58. The van der Waals surface area contributed by atoms with Crippen LogP contribution in [0.2, 0.25) is 0 Å². The van der Waals surface area contributed by atoms with Crippen LogP contribution in [-0.4, -0.2) is 54.5 Å². The van der Waals surface area contributed by atoms with E-state index >= 15 is 0 Å². The molecule has 1 aliphatic carbocycles. The van der Waals surface area contributed by atoms with Gasteiger partial charge in [-0.1, -0.05) is 12.1 Å². The van der Waals surface area contributed by atoms with E-state index in [2.05, 4.69) is 46.4 Å². The smallest absolute Gasteiger partial charge is 0.278 e. The third-order valence-corrected chi connectivity index (χ3v) is 6.66. The number of aliphatic hydroxyl groups is 1. The molecule has 5 rings (SSSR count). The lowest BCUT2D eigenvalue weighted by Crippen LogP contribution is -2.27. The molecule has 0 radical (unpaired) electrons. The molecule has 4 aromatic rings. The number of aromatic nitrogens is 5. The first-order valence-corrected chi connectivity index (χ1v) is 11.9. The third kappa shape index (κ3) is 4.21. The lowest BCUT2D eigenvalue weighted by molar-refractivity contribution is 0.0738. The number of hydrogen-bond acceptors (Lipinski definition) is 7. The van der Waals surface area contributed by atoms with Crippen molar-refractivity contribution in [2.45, 2.75) is 51.8 Å². The van der Waals surface area contributed by atoms with Crippen LogP contribution in [0.1, 0.15) is 37.6 Å². The van der Waals surface area contributed by atoms with E-state index in [9.17, 15) is 9.90 Å². The Morgan fingerprint density at radius 1 is 1.14 bits per heavy atom. The molecule has 1 aromatic carbocycles. The zero-order valence-electron chi connectivity index (χ0n) is 20.8. The van der Waals surface area contributed by atoms with Gasteiger partial charge in [0.2, 0.25) is 5.95 Å². The highest BCUT2D eigenvalue weighted by Crippen LogP contribution is 2.28. The van der Waals surface area contributed by atoms with Crippen LogP contribution in [0.25, 0.3) is 16.9 Å². The predicted molar refractivity (Wildman–Crippen MR) is 136 cm³/mol. The fourth-order valence-electron chi connectivity index (χ4n) is 4.66. The van der Waals surface area contributed by atoms with E-state index < -0.39 is 5.60 Å². The Hall–Kier alpha value is -3.56. The summed E-state index contributed by atoms with van der Waals surface area (Å²) in [5.41, 5.74) is 3.29. The largest absolute Gasteiger partial charge is 0.384 e. The number of rotatable bonds is 6. The van der Waals surface area contributed by atoms with Crippen molar-refractivity contribution in [1.82, 2.24) is 29.2 Å². The monoisotopic (exact) mass is 473 g/mol. The Morgan fingerprint density at radius 3 is 2.63 bits per heavy atom. The van der Waals surface area contributed by atoms with Crippen molar-refractivity contribution in [3.8, 4) is 5.82 Å². The summed E-state index contributed by atoms with van der Waals surface area (Å²) in [5, 5.41) is 14.2. The summed E-state index contributed by atoms with van der Waals surface area (Å²) >= 11 is 0. The first-order chi connectivity index (χ1) is 16.7. The number of benzene rings is 1. The summed E-state index contributed by atoms with van der Waals surface area (Å²) in [4.78, 5) is 29.1. The molecular weight excluding hydrogens is 442 g/mol. The van der Waals surface area contributed by atoms with Crippen molar-refractivity contribution in [2.75, 3.05) is 19.4 Å². The molecule has 3 aromatic heterocycles. The van der Waals surface area contributed by atoms with Gasteiger partial charge in [-0.25, -0.2) is 19.3 Å². The first-order valence-electron chi connectivity index (χ1n) is 11.9. The van der Waals surface area contributed by atoms with Crippen LogP contribution in [0.15, 0.2) is 47.4 Å². The quantitative estimate of drug-likeness (QED) is 0.444. The van der Waals surface area contributed by atoms with E-state index in [1.807, 2.05) is 19.1 Å². The average molecular weight is 474 g/mol. The van der Waals surface area contributed by atoms with Crippen LogP contribution < -0.4 is 10.9 Å². The zero-order chi connectivity index (χ0) is 24.9. The number of anilines is 2. The second-order valence-corrected chi connectivity index (χ2v) is 9.84. The Morgan fingerprint density at radius 2 is 1.91 bits per heavy atom. The summed E-state index contributed by atoms with van der Waals surface area (Å²) in [7, 11) is 4.24. The van der Waals surface area contributed by atoms with Crippen molar-refractivity contribution in [1.29, 1.82) is 0 Å². The topological polar surface area (TPSA) is 101 Å². The van der Waals surface area contributed by atoms with Crippen LogP contribution in [0.3, 0.4) is 0 Å². The van der Waals surface area contributed by atoms with E-state index in [1.165, 1.54) is 11.1 Å². The Kier molecular flexibility index (Phi) is 5.69. The van der Waals surface area contributed by atoms with Gasteiger partial charge >= 0.3 is 0 Å². The lowest BCUT2D eigenvalue weighted by atomic mass is 10.1. The van der Waals surface area contributed by atoms with Crippen LogP contribution in [0.5, 0.6) is 0 Å². The summed E-state index contributed by atoms with van der Waals surface area (Å²) in [6.07, 6.45) is 3.63. The van der Waals surface area contributed by atoms with Crippen molar-refractivity contribution >= 4 is 22.7 Å². The molecule has 3 heterocycles. The highest BCUT2D eigenvalue weighted by Gasteiger charge is 2.24. The standard InChI is InChI=1S/C26H31N7O2/c1-6-32-24(34)20-15-27-25(28-18-11-10-16-13-19(31(4)5)14-17(16)12-18)30-23(20)33(32)22-9-7-8-21(29-22)26(2,3)35/h7-12,15,19,35H,6,13-14H2,1-5H3,(H,27,28,30). The first kappa shape index (κ1) is 23.2. The van der Waals surface area contributed by atoms with E-state index in [4.69, 9.17) is 4.98 Å². The molecule has 0 aliphatic heterocycles. The van der Waals surface area contributed by atoms with Gasteiger partial charge in [-0.2, -0.15) is 4.98 Å². The van der Waals surface area contributed by atoms with Gasteiger partial charge in [-0.05, 0) is 83.1 Å². The van der Waals surface area contributed by atoms with Crippen molar-refractivity contribution in [3.63, 3.8) is 0 Å². The minimum absolute atomic E-state index is 0.184. The molecule has 0 spiro atoms. The lowest BCUT2D eigenvalue weighted by Gasteiger charge is -2.18. The van der Waals surface area contributed by atoms with Crippen LogP contribution in [-0.2, 0) is 25.0 Å². The van der Waals surface area contributed by atoms with Crippen LogP contribution in [0, 0.1) is 0 Å². The summed E-state index contributed by atoms with van der Waals surface area (Å²) in [6.45, 7) is 5.70. The number of hydrogen-bond donors (Lipinski definition) is 2. The molecule has 1 unspecified atom stereocenters. The van der Waals surface area contributed by atoms with Gasteiger partial charge in [0.25, 0.3) is 5.56 Å². The number of likely N-dealkylation sites (N-methyl/N-ethyl adjacent to an activating group) is 1. The zero-order valence-corrected chi connectivity index (χ0v) is 20.8. The average Bonchev–Trinajstić information content (AvgIpc) is 3.37. The van der Waals surface area contributed by atoms with E-state index in [-0.39, 0.29) is 5.56 Å². The van der Waals surface area contributed by atoms with Crippen molar-refractivity contribution < 1.29 is 5.11 Å². The molecular formula is C26H31N7O2. The molecule has 0 saturated carbocycles.